The molecule has 0 atom stereocenters. The predicted molar refractivity (Wildman–Crippen MR) is 81.7 cm³/mol. The van der Waals surface area contributed by atoms with Crippen LogP contribution in [0.4, 0.5) is 0 Å². The number of benzene rings is 1. The number of nitrogens with zero attached hydrogens (tertiary/aromatic N) is 1. The molecule has 0 heterocycles. The lowest BCUT2D eigenvalue weighted by atomic mass is 10.1. The van der Waals surface area contributed by atoms with Gasteiger partial charge in [-0.15, -0.1) is 0 Å². The minimum absolute atomic E-state index is 0.103. The van der Waals surface area contributed by atoms with E-state index in [9.17, 15) is 4.79 Å². The third-order valence-electron chi connectivity index (χ3n) is 2.70. The van der Waals surface area contributed by atoms with Gasteiger partial charge in [0.2, 0.25) is 5.91 Å². The average Bonchev–Trinajstić information content (AvgIpc) is 2.35. The van der Waals surface area contributed by atoms with Crippen molar-refractivity contribution in [2.24, 2.45) is 11.8 Å². The van der Waals surface area contributed by atoms with Gasteiger partial charge in [0, 0.05) is 19.2 Å². The van der Waals surface area contributed by atoms with Crippen LogP contribution in [0.5, 0.6) is 0 Å². The van der Waals surface area contributed by atoms with E-state index < -0.39 is 0 Å². The van der Waals surface area contributed by atoms with Gasteiger partial charge < -0.3 is 4.90 Å². The molecule has 0 unspecified atom stereocenters. The van der Waals surface area contributed by atoms with E-state index >= 15 is 0 Å². The zero-order valence-corrected chi connectivity index (χ0v) is 12.5. The van der Waals surface area contributed by atoms with Crippen LogP contribution >= 0.6 is 0 Å². The summed E-state index contributed by atoms with van der Waals surface area (Å²) in [5, 5.41) is 0. The van der Waals surface area contributed by atoms with Crippen LogP contribution in [0.2, 0.25) is 0 Å². The van der Waals surface area contributed by atoms with Gasteiger partial charge in [-0.25, -0.2) is 0 Å². The normalized spacial score (nSPS) is 11.5. The van der Waals surface area contributed by atoms with Gasteiger partial charge in [0.15, 0.2) is 0 Å². The molecule has 0 aliphatic rings. The molecule has 2 nitrogen and oxygen atoms in total. The Kier molecular flexibility index (Phi) is 6.34. The van der Waals surface area contributed by atoms with E-state index in [1.807, 2.05) is 41.3 Å². The molecule has 19 heavy (non-hydrogen) atoms. The highest BCUT2D eigenvalue weighted by molar-refractivity contribution is 5.91. The van der Waals surface area contributed by atoms with Crippen LogP contribution in [0.15, 0.2) is 36.4 Å². The summed E-state index contributed by atoms with van der Waals surface area (Å²) in [6.45, 7) is 10.2. The second kappa shape index (κ2) is 7.78. The Hall–Kier alpha value is -1.57. The fraction of sp³-hybridized carbons (Fsp3) is 0.471. The molecule has 0 fully saturated rings. The van der Waals surface area contributed by atoms with Gasteiger partial charge in [0.1, 0.15) is 0 Å². The van der Waals surface area contributed by atoms with Gasteiger partial charge in [-0.2, -0.15) is 0 Å². The molecular weight excluding hydrogens is 234 g/mol. The van der Waals surface area contributed by atoms with Gasteiger partial charge in [0.25, 0.3) is 0 Å². The first-order valence-corrected chi connectivity index (χ1v) is 7.01. The Labute approximate surface area is 117 Å². The van der Waals surface area contributed by atoms with Crippen molar-refractivity contribution in [3.05, 3.63) is 42.0 Å². The lowest BCUT2D eigenvalue weighted by Crippen LogP contribution is -2.35. The standard InChI is InChI=1S/C17H25NO/c1-14(2)12-18(13-15(3)4)17(19)11-10-16-8-6-5-7-9-16/h5-11,14-15H,12-13H2,1-4H3. The van der Waals surface area contributed by atoms with Crippen molar-refractivity contribution in [2.45, 2.75) is 27.7 Å². The molecule has 1 rings (SSSR count). The molecule has 1 aromatic rings. The van der Waals surface area contributed by atoms with E-state index in [1.54, 1.807) is 6.08 Å². The summed E-state index contributed by atoms with van der Waals surface area (Å²) in [5.41, 5.74) is 1.06. The van der Waals surface area contributed by atoms with Crippen molar-refractivity contribution in [2.75, 3.05) is 13.1 Å². The maximum atomic E-state index is 12.2. The second-order valence-electron chi connectivity index (χ2n) is 5.77. The molecule has 1 aromatic carbocycles. The lowest BCUT2D eigenvalue weighted by molar-refractivity contribution is -0.127. The Morgan fingerprint density at radius 1 is 1.05 bits per heavy atom. The zero-order valence-electron chi connectivity index (χ0n) is 12.5. The molecule has 0 N–H and O–H groups in total. The Morgan fingerprint density at radius 3 is 2.05 bits per heavy atom. The molecule has 0 saturated carbocycles. The van der Waals surface area contributed by atoms with Gasteiger partial charge in [-0.3, -0.25) is 4.79 Å². The molecule has 0 saturated heterocycles. The minimum atomic E-state index is 0.103. The highest BCUT2D eigenvalue weighted by Gasteiger charge is 2.13. The fourth-order valence-electron chi connectivity index (χ4n) is 1.97. The maximum Gasteiger partial charge on any atom is 0.246 e. The summed E-state index contributed by atoms with van der Waals surface area (Å²) in [6.07, 6.45) is 3.57. The zero-order chi connectivity index (χ0) is 14.3. The van der Waals surface area contributed by atoms with E-state index in [0.717, 1.165) is 18.7 Å². The molecule has 0 aliphatic carbocycles. The van der Waals surface area contributed by atoms with Crippen molar-refractivity contribution in [3.8, 4) is 0 Å². The number of rotatable bonds is 6. The van der Waals surface area contributed by atoms with Gasteiger partial charge in [0.05, 0.1) is 0 Å². The Bertz CT molecular complexity index is 397. The second-order valence-corrected chi connectivity index (χ2v) is 5.77. The number of hydrogen-bond acceptors (Lipinski definition) is 1. The highest BCUT2D eigenvalue weighted by Crippen LogP contribution is 2.07. The molecule has 0 spiro atoms. The van der Waals surface area contributed by atoms with E-state index in [2.05, 4.69) is 27.7 Å². The summed E-state index contributed by atoms with van der Waals surface area (Å²) >= 11 is 0. The van der Waals surface area contributed by atoms with Gasteiger partial charge in [-0.05, 0) is 23.5 Å². The van der Waals surface area contributed by atoms with Crippen LogP contribution in [0.1, 0.15) is 33.3 Å². The fourth-order valence-corrected chi connectivity index (χ4v) is 1.97. The molecule has 0 bridgehead atoms. The minimum Gasteiger partial charge on any atom is -0.339 e. The molecule has 0 aromatic heterocycles. The summed E-state index contributed by atoms with van der Waals surface area (Å²) in [7, 11) is 0. The third kappa shape index (κ3) is 6.23. The molecule has 104 valence electrons. The van der Waals surface area contributed by atoms with Crippen LogP contribution in [0, 0.1) is 11.8 Å². The Balaban J connectivity index is 2.68. The van der Waals surface area contributed by atoms with Gasteiger partial charge >= 0.3 is 0 Å². The van der Waals surface area contributed by atoms with Crippen molar-refractivity contribution in [1.29, 1.82) is 0 Å². The smallest absolute Gasteiger partial charge is 0.246 e. The monoisotopic (exact) mass is 259 g/mol. The molecule has 0 aliphatic heterocycles. The van der Waals surface area contributed by atoms with Crippen LogP contribution in [0.25, 0.3) is 6.08 Å². The summed E-state index contributed by atoms with van der Waals surface area (Å²) in [6, 6.07) is 9.93. The number of carbonyl (C=O) groups is 1. The largest absolute Gasteiger partial charge is 0.339 e. The first-order chi connectivity index (χ1) is 8.99. The molecule has 1 amide bonds. The van der Waals surface area contributed by atoms with Crippen molar-refractivity contribution in [3.63, 3.8) is 0 Å². The SMILES string of the molecule is CC(C)CN(CC(C)C)C(=O)C=Cc1ccccc1. The first-order valence-electron chi connectivity index (χ1n) is 7.01. The summed E-state index contributed by atoms with van der Waals surface area (Å²) in [5.74, 6) is 1.09. The number of carbonyl (C=O) groups excluding carboxylic acids is 1. The lowest BCUT2D eigenvalue weighted by Gasteiger charge is -2.25. The van der Waals surface area contributed by atoms with Crippen molar-refractivity contribution < 1.29 is 4.79 Å². The van der Waals surface area contributed by atoms with Gasteiger partial charge in [-0.1, -0.05) is 58.0 Å². The summed E-state index contributed by atoms with van der Waals surface area (Å²) < 4.78 is 0. The molecule has 2 heteroatoms. The average molecular weight is 259 g/mol. The molecular formula is C17H25NO. The van der Waals surface area contributed by atoms with E-state index in [4.69, 9.17) is 0 Å². The maximum absolute atomic E-state index is 12.2. The van der Waals surface area contributed by atoms with Crippen molar-refractivity contribution in [1.82, 2.24) is 4.90 Å². The van der Waals surface area contributed by atoms with Crippen LogP contribution in [0.3, 0.4) is 0 Å². The van der Waals surface area contributed by atoms with Crippen LogP contribution < -0.4 is 0 Å². The third-order valence-corrected chi connectivity index (χ3v) is 2.70. The van der Waals surface area contributed by atoms with E-state index in [1.165, 1.54) is 0 Å². The molecule has 0 radical (unpaired) electrons. The van der Waals surface area contributed by atoms with Crippen LogP contribution in [-0.2, 0) is 4.79 Å². The topological polar surface area (TPSA) is 20.3 Å². The predicted octanol–water partition coefficient (Wildman–Crippen LogP) is 3.84. The Morgan fingerprint density at radius 2 is 1.58 bits per heavy atom. The van der Waals surface area contributed by atoms with Crippen LogP contribution in [-0.4, -0.2) is 23.9 Å². The van der Waals surface area contributed by atoms with E-state index in [0.29, 0.717) is 11.8 Å². The summed E-state index contributed by atoms with van der Waals surface area (Å²) in [4.78, 5) is 14.2. The first kappa shape index (κ1) is 15.5. The van der Waals surface area contributed by atoms with Crippen molar-refractivity contribution >= 4 is 12.0 Å². The highest BCUT2D eigenvalue weighted by atomic mass is 16.2. The quantitative estimate of drug-likeness (QED) is 0.711. The number of amides is 1. The van der Waals surface area contributed by atoms with E-state index in [-0.39, 0.29) is 5.91 Å². The number of hydrogen-bond donors (Lipinski definition) is 0.